The third kappa shape index (κ3) is 2.76. The summed E-state index contributed by atoms with van der Waals surface area (Å²) in [6.45, 7) is 8.83. The van der Waals surface area contributed by atoms with Gasteiger partial charge in [-0.2, -0.15) is 5.10 Å². The van der Waals surface area contributed by atoms with Gasteiger partial charge in [0.1, 0.15) is 3.70 Å². The predicted molar refractivity (Wildman–Crippen MR) is 106 cm³/mol. The molecule has 1 aromatic carbocycles. The summed E-state index contributed by atoms with van der Waals surface area (Å²) in [5, 5.41) is 7.61. The van der Waals surface area contributed by atoms with Crippen LogP contribution in [-0.4, -0.2) is 15.7 Å². The molecule has 1 unspecified atom stereocenters. The van der Waals surface area contributed by atoms with Crippen LogP contribution in [0.3, 0.4) is 0 Å². The van der Waals surface area contributed by atoms with E-state index in [0.717, 1.165) is 27.9 Å². The van der Waals surface area contributed by atoms with Crippen LogP contribution in [0.2, 0.25) is 0 Å². The van der Waals surface area contributed by atoms with Crippen LogP contribution in [0.4, 0.5) is 5.69 Å². The molecule has 0 saturated heterocycles. The molecular weight excluding hydrogens is 413 g/mol. The lowest BCUT2D eigenvalue weighted by Crippen LogP contribution is -2.16. The number of halogens is 1. The molecule has 0 radical (unpaired) electrons. The minimum Gasteiger partial charge on any atom is -0.322 e. The van der Waals surface area contributed by atoms with Crippen LogP contribution in [0.5, 0.6) is 0 Å². The second-order valence-corrected chi connectivity index (χ2v) is 8.32. The zero-order valence-electron chi connectivity index (χ0n) is 14.9. The van der Waals surface area contributed by atoms with Gasteiger partial charge >= 0.3 is 0 Å². The number of amides is 1. The summed E-state index contributed by atoms with van der Waals surface area (Å²) >= 11 is 2.19. The maximum absolute atomic E-state index is 12.9. The number of nitrogens with one attached hydrogen (secondary N) is 1. The fourth-order valence-corrected chi connectivity index (χ4v) is 4.65. The average Bonchev–Trinajstić information content (AvgIpc) is 2.93. The lowest BCUT2D eigenvalue weighted by atomic mass is 9.86. The Morgan fingerprint density at radius 1 is 1.46 bits per heavy atom. The van der Waals surface area contributed by atoms with Crippen molar-refractivity contribution in [2.24, 2.45) is 7.05 Å². The van der Waals surface area contributed by atoms with Crippen molar-refractivity contribution >= 4 is 34.2 Å². The first kappa shape index (κ1) is 17.5. The van der Waals surface area contributed by atoms with Crippen molar-refractivity contribution < 1.29 is 4.79 Å². The van der Waals surface area contributed by atoms with Crippen LogP contribution in [-0.2, 0) is 18.9 Å². The third-order valence-corrected chi connectivity index (χ3v) is 6.24. The van der Waals surface area contributed by atoms with Crippen LogP contribution >= 0.6 is 22.6 Å². The number of aromatic nitrogens is 2. The Bertz CT molecular complexity index is 807. The average molecular weight is 437 g/mol. The van der Waals surface area contributed by atoms with E-state index in [-0.39, 0.29) is 11.3 Å². The van der Waals surface area contributed by atoms with E-state index >= 15 is 0 Å². The Hall–Kier alpha value is -1.37. The number of nitrogens with zero attached hydrogens (tertiary/aromatic N) is 2. The number of hydrogen-bond acceptors (Lipinski definition) is 2. The molecule has 0 saturated carbocycles. The quantitative estimate of drug-likeness (QED) is 0.713. The molecule has 5 heteroatoms. The topological polar surface area (TPSA) is 46.9 Å². The predicted octanol–water partition coefficient (Wildman–Crippen LogP) is 4.62. The number of anilines is 1. The van der Waals surface area contributed by atoms with Gasteiger partial charge in [0.25, 0.3) is 5.91 Å². The van der Waals surface area contributed by atoms with Crippen LogP contribution in [0.1, 0.15) is 67.2 Å². The van der Waals surface area contributed by atoms with Crippen molar-refractivity contribution in [1.29, 1.82) is 0 Å². The van der Waals surface area contributed by atoms with E-state index in [0.29, 0.717) is 11.5 Å². The molecule has 1 aromatic heterocycles. The summed E-state index contributed by atoms with van der Waals surface area (Å²) in [6, 6.07) is 6.26. The van der Waals surface area contributed by atoms with E-state index in [4.69, 9.17) is 0 Å². The molecule has 4 nitrogen and oxygen atoms in total. The molecule has 1 atom stereocenters. The largest absolute Gasteiger partial charge is 0.322 e. The Kier molecular flexibility index (Phi) is 4.49. The van der Waals surface area contributed by atoms with Crippen molar-refractivity contribution in [2.75, 3.05) is 5.32 Å². The smallest absolute Gasteiger partial charge is 0.260 e. The molecule has 1 aliphatic carbocycles. The molecule has 1 heterocycles. The number of hydrogen-bond donors (Lipinski definition) is 1. The van der Waals surface area contributed by atoms with E-state index in [1.165, 1.54) is 11.1 Å². The molecule has 3 rings (SSSR count). The summed E-state index contributed by atoms with van der Waals surface area (Å²) in [4.78, 5) is 12.9. The fourth-order valence-electron chi connectivity index (χ4n) is 3.99. The molecular formula is C19H24IN3O. The van der Waals surface area contributed by atoms with Crippen LogP contribution in [0.25, 0.3) is 0 Å². The first-order valence-electron chi connectivity index (χ1n) is 8.42. The summed E-state index contributed by atoms with van der Waals surface area (Å²) in [7, 11) is 1.88. The van der Waals surface area contributed by atoms with Gasteiger partial charge in [0.05, 0.1) is 11.3 Å². The van der Waals surface area contributed by atoms with E-state index < -0.39 is 0 Å². The Balaban J connectivity index is 1.99. The molecule has 1 aliphatic rings. The number of carbonyl (C=O) groups excluding carboxylic acids is 1. The Morgan fingerprint density at radius 2 is 2.17 bits per heavy atom. The molecule has 128 valence electrons. The number of carbonyl (C=O) groups is 1. The minimum absolute atomic E-state index is 0.0605. The number of rotatable bonds is 3. The number of benzene rings is 1. The molecule has 24 heavy (non-hydrogen) atoms. The van der Waals surface area contributed by atoms with E-state index in [2.05, 4.69) is 59.8 Å². The van der Waals surface area contributed by atoms with Crippen molar-refractivity contribution in [3.05, 3.63) is 44.3 Å². The van der Waals surface area contributed by atoms with Crippen molar-refractivity contribution in [2.45, 2.75) is 51.9 Å². The second-order valence-electron chi connectivity index (χ2n) is 7.30. The molecule has 1 N–H and O–H groups in total. The highest BCUT2D eigenvalue weighted by Crippen LogP contribution is 2.48. The lowest BCUT2D eigenvalue weighted by Gasteiger charge is -2.19. The summed E-state index contributed by atoms with van der Waals surface area (Å²) in [5.41, 5.74) is 5.28. The summed E-state index contributed by atoms with van der Waals surface area (Å²) in [6.07, 6.45) is 1.86. The van der Waals surface area contributed by atoms with Crippen molar-refractivity contribution in [3.63, 3.8) is 0 Å². The van der Waals surface area contributed by atoms with Gasteiger partial charge in [-0.15, -0.1) is 0 Å². The highest BCUT2D eigenvalue weighted by atomic mass is 127. The number of fused-ring (bicyclic) bond motifs is 1. The van der Waals surface area contributed by atoms with E-state index in [1.807, 2.05) is 26.1 Å². The summed E-state index contributed by atoms with van der Waals surface area (Å²) in [5.74, 6) is 0.389. The molecule has 0 aliphatic heterocycles. The van der Waals surface area contributed by atoms with Gasteiger partial charge in [0.2, 0.25) is 0 Å². The van der Waals surface area contributed by atoms with Gasteiger partial charge in [-0.05, 0) is 64.0 Å². The zero-order valence-corrected chi connectivity index (χ0v) is 17.1. The monoisotopic (exact) mass is 437 g/mol. The molecule has 1 amide bonds. The molecule has 2 aromatic rings. The van der Waals surface area contributed by atoms with E-state index in [1.54, 1.807) is 4.68 Å². The van der Waals surface area contributed by atoms with E-state index in [9.17, 15) is 4.79 Å². The highest BCUT2D eigenvalue weighted by molar-refractivity contribution is 14.1. The first-order valence-corrected chi connectivity index (χ1v) is 9.50. The van der Waals surface area contributed by atoms with Gasteiger partial charge < -0.3 is 5.32 Å². The maximum Gasteiger partial charge on any atom is 0.260 e. The van der Waals surface area contributed by atoms with Crippen LogP contribution < -0.4 is 5.32 Å². The number of aryl methyl sites for hydroxylation is 2. The first-order chi connectivity index (χ1) is 11.3. The minimum atomic E-state index is -0.0605. The normalized spacial score (nSPS) is 18.5. The third-order valence-electron chi connectivity index (χ3n) is 5.00. The Morgan fingerprint density at radius 3 is 2.83 bits per heavy atom. The molecule has 0 bridgehead atoms. The zero-order chi connectivity index (χ0) is 17.6. The van der Waals surface area contributed by atoms with Gasteiger partial charge in [-0.3, -0.25) is 9.48 Å². The van der Waals surface area contributed by atoms with Gasteiger partial charge in [-0.1, -0.05) is 39.8 Å². The van der Waals surface area contributed by atoms with Gasteiger partial charge in [0.15, 0.2) is 0 Å². The highest BCUT2D eigenvalue weighted by Gasteiger charge is 2.36. The Labute approximate surface area is 157 Å². The van der Waals surface area contributed by atoms with Gasteiger partial charge in [-0.25, -0.2) is 0 Å². The SMILES string of the molecule is CCc1nn(C)c(I)c1C(=O)Nc1cccc2c1C(C)CC2(C)C. The second kappa shape index (κ2) is 6.17. The summed E-state index contributed by atoms with van der Waals surface area (Å²) < 4.78 is 2.65. The maximum atomic E-state index is 12.9. The lowest BCUT2D eigenvalue weighted by molar-refractivity contribution is 0.102. The standard InChI is InChI=1S/C19H24IN3O/c1-6-13-16(17(20)23(5)22-13)18(24)21-14-9-7-8-12-15(14)11(2)10-19(12,3)4/h7-9,11H,6,10H2,1-5H3,(H,21,24). The van der Waals surface area contributed by atoms with Crippen LogP contribution in [0, 0.1) is 3.70 Å². The van der Waals surface area contributed by atoms with Gasteiger partial charge in [0, 0.05) is 12.7 Å². The molecule has 0 fully saturated rings. The van der Waals surface area contributed by atoms with Crippen molar-refractivity contribution in [3.8, 4) is 0 Å². The fraction of sp³-hybridized carbons (Fsp3) is 0.474. The molecule has 0 spiro atoms. The van der Waals surface area contributed by atoms with Crippen molar-refractivity contribution in [1.82, 2.24) is 9.78 Å². The van der Waals surface area contributed by atoms with Crippen LogP contribution in [0.15, 0.2) is 18.2 Å².